The van der Waals surface area contributed by atoms with Gasteiger partial charge in [-0.25, -0.2) is 9.88 Å². The number of imidazole rings is 1. The molecule has 0 saturated heterocycles. The van der Waals surface area contributed by atoms with E-state index < -0.39 is 0 Å². The van der Waals surface area contributed by atoms with Crippen LogP contribution in [-0.2, 0) is 11.2 Å². The third kappa shape index (κ3) is 1.15. The molecule has 4 nitrogen and oxygen atoms in total. The average molecular weight is 199 g/mol. The minimum Gasteiger partial charge on any atom is -0.330 e. The number of hydrogen-bond acceptors (Lipinski definition) is 2. The van der Waals surface area contributed by atoms with Crippen LogP contribution in [0.3, 0.4) is 0 Å². The van der Waals surface area contributed by atoms with Gasteiger partial charge in [0.25, 0.3) is 0 Å². The maximum atomic E-state index is 11.8. The molecule has 4 heteroatoms. The number of aromatic nitrogens is 2. The van der Waals surface area contributed by atoms with Crippen LogP contribution in [0, 0.1) is 0 Å². The first-order valence-corrected chi connectivity index (χ1v) is 4.76. The number of aromatic amines is 1. The van der Waals surface area contributed by atoms with E-state index in [-0.39, 0.29) is 5.91 Å². The highest BCUT2D eigenvalue weighted by Crippen LogP contribution is 2.32. The van der Waals surface area contributed by atoms with Crippen molar-refractivity contribution < 1.29 is 4.79 Å². The summed E-state index contributed by atoms with van der Waals surface area (Å²) in [5.41, 5.74) is 1.98. The Hall–Kier alpha value is -2.10. The maximum Gasteiger partial charge on any atom is 0.238 e. The molecule has 1 aliphatic rings. The van der Waals surface area contributed by atoms with Crippen molar-refractivity contribution in [1.82, 2.24) is 9.97 Å². The molecule has 0 bridgehead atoms. The van der Waals surface area contributed by atoms with Crippen LogP contribution in [0.25, 0.3) is 0 Å². The molecule has 0 spiro atoms. The molecule has 1 aromatic heterocycles. The van der Waals surface area contributed by atoms with E-state index in [1.54, 1.807) is 17.3 Å². The summed E-state index contributed by atoms with van der Waals surface area (Å²) >= 11 is 0. The molecule has 0 radical (unpaired) electrons. The van der Waals surface area contributed by atoms with E-state index in [1.807, 2.05) is 24.3 Å². The van der Waals surface area contributed by atoms with Gasteiger partial charge in [-0.3, -0.25) is 4.79 Å². The number of H-pyrrole nitrogens is 1. The number of amides is 1. The van der Waals surface area contributed by atoms with Crippen LogP contribution < -0.4 is 4.90 Å². The number of fused-ring (bicyclic) bond motifs is 1. The lowest BCUT2D eigenvalue weighted by Crippen LogP contribution is -2.21. The number of benzene rings is 1. The summed E-state index contributed by atoms with van der Waals surface area (Å²) in [6.45, 7) is 0. The normalized spacial score (nSPS) is 14.4. The van der Waals surface area contributed by atoms with Crippen molar-refractivity contribution in [2.75, 3.05) is 4.90 Å². The number of carbonyl (C=O) groups is 1. The van der Waals surface area contributed by atoms with Crippen LogP contribution in [0.5, 0.6) is 0 Å². The van der Waals surface area contributed by atoms with Crippen molar-refractivity contribution in [3.05, 3.63) is 42.2 Å². The zero-order valence-corrected chi connectivity index (χ0v) is 7.97. The van der Waals surface area contributed by atoms with Gasteiger partial charge in [0.1, 0.15) is 0 Å². The third-order valence-corrected chi connectivity index (χ3v) is 2.52. The molecule has 0 unspecified atom stereocenters. The van der Waals surface area contributed by atoms with Crippen molar-refractivity contribution >= 4 is 17.5 Å². The summed E-state index contributed by atoms with van der Waals surface area (Å²) in [5.74, 6) is 0.649. The van der Waals surface area contributed by atoms with Gasteiger partial charge in [-0.05, 0) is 11.6 Å². The van der Waals surface area contributed by atoms with Crippen molar-refractivity contribution in [2.45, 2.75) is 6.42 Å². The monoisotopic (exact) mass is 199 g/mol. The standard InChI is InChI=1S/C11H9N3O/c15-10-7-8-3-1-2-4-9(8)14(10)11-12-5-6-13-11/h1-6H,7H2,(H,12,13). The Kier molecular flexibility index (Phi) is 1.62. The second-order valence-electron chi connectivity index (χ2n) is 3.45. The van der Waals surface area contributed by atoms with E-state index in [9.17, 15) is 4.79 Å². The summed E-state index contributed by atoms with van der Waals surface area (Å²) in [5, 5.41) is 0. The van der Waals surface area contributed by atoms with Crippen molar-refractivity contribution in [1.29, 1.82) is 0 Å². The molecule has 0 aliphatic carbocycles. The Labute approximate surface area is 86.6 Å². The number of carbonyl (C=O) groups excluding carboxylic acids is 1. The predicted molar refractivity (Wildman–Crippen MR) is 55.9 cm³/mol. The Balaban J connectivity index is 2.14. The molecule has 0 atom stereocenters. The van der Waals surface area contributed by atoms with Crippen LogP contribution >= 0.6 is 0 Å². The summed E-state index contributed by atoms with van der Waals surface area (Å²) in [4.78, 5) is 20.5. The minimum absolute atomic E-state index is 0.0613. The van der Waals surface area contributed by atoms with Crippen LogP contribution in [0.1, 0.15) is 5.56 Å². The molecule has 0 fully saturated rings. The number of nitrogens with zero attached hydrogens (tertiary/aromatic N) is 2. The molecule has 2 aromatic rings. The minimum atomic E-state index is 0.0613. The van der Waals surface area contributed by atoms with Crippen LogP contribution in [-0.4, -0.2) is 15.9 Å². The van der Waals surface area contributed by atoms with E-state index in [1.165, 1.54) is 0 Å². The molecule has 3 rings (SSSR count). The van der Waals surface area contributed by atoms with E-state index >= 15 is 0 Å². The molecular formula is C11H9N3O. The SMILES string of the molecule is O=C1Cc2ccccc2N1c1ncc[nH]1. The molecule has 0 saturated carbocycles. The van der Waals surface area contributed by atoms with Gasteiger partial charge in [0.05, 0.1) is 12.1 Å². The van der Waals surface area contributed by atoms with Crippen molar-refractivity contribution in [2.24, 2.45) is 0 Å². The summed E-state index contributed by atoms with van der Waals surface area (Å²) in [6.07, 6.45) is 3.81. The van der Waals surface area contributed by atoms with Gasteiger partial charge >= 0.3 is 0 Å². The van der Waals surface area contributed by atoms with Gasteiger partial charge in [-0.1, -0.05) is 18.2 Å². The average Bonchev–Trinajstić information content (AvgIpc) is 2.82. The number of anilines is 2. The third-order valence-electron chi connectivity index (χ3n) is 2.52. The number of nitrogens with one attached hydrogen (secondary N) is 1. The molecule has 1 aromatic carbocycles. The fourth-order valence-corrected chi connectivity index (χ4v) is 1.87. The Morgan fingerprint density at radius 2 is 2.20 bits per heavy atom. The van der Waals surface area contributed by atoms with Crippen LogP contribution in [0.2, 0.25) is 0 Å². The molecule has 15 heavy (non-hydrogen) atoms. The van der Waals surface area contributed by atoms with E-state index in [2.05, 4.69) is 9.97 Å². The van der Waals surface area contributed by atoms with E-state index in [0.717, 1.165) is 11.3 Å². The smallest absolute Gasteiger partial charge is 0.238 e. The number of hydrogen-bond donors (Lipinski definition) is 1. The molecule has 2 heterocycles. The topological polar surface area (TPSA) is 49.0 Å². The van der Waals surface area contributed by atoms with Gasteiger partial charge in [0.15, 0.2) is 0 Å². The Bertz CT molecular complexity index is 504. The Morgan fingerprint density at radius 1 is 1.33 bits per heavy atom. The summed E-state index contributed by atoms with van der Waals surface area (Å²) in [7, 11) is 0. The molecule has 1 N–H and O–H groups in total. The lowest BCUT2D eigenvalue weighted by molar-refractivity contribution is -0.116. The molecule has 1 aliphatic heterocycles. The first-order valence-electron chi connectivity index (χ1n) is 4.76. The van der Waals surface area contributed by atoms with Gasteiger partial charge in [-0.15, -0.1) is 0 Å². The first kappa shape index (κ1) is 8.23. The highest BCUT2D eigenvalue weighted by atomic mass is 16.2. The lowest BCUT2D eigenvalue weighted by Gasteiger charge is -2.13. The van der Waals surface area contributed by atoms with Gasteiger partial charge in [-0.2, -0.15) is 0 Å². The summed E-state index contributed by atoms with van der Waals surface area (Å²) in [6, 6.07) is 7.77. The van der Waals surface area contributed by atoms with Crippen LogP contribution in [0.4, 0.5) is 11.6 Å². The van der Waals surface area contributed by atoms with Gasteiger partial charge < -0.3 is 4.98 Å². The first-order chi connectivity index (χ1) is 7.36. The highest BCUT2D eigenvalue weighted by molar-refractivity contribution is 6.05. The second-order valence-corrected chi connectivity index (χ2v) is 3.45. The zero-order chi connectivity index (χ0) is 10.3. The maximum absolute atomic E-state index is 11.8. The van der Waals surface area contributed by atoms with E-state index in [4.69, 9.17) is 0 Å². The molecule has 74 valence electrons. The Morgan fingerprint density at radius 3 is 3.00 bits per heavy atom. The second kappa shape index (κ2) is 2.95. The number of rotatable bonds is 1. The fourth-order valence-electron chi connectivity index (χ4n) is 1.87. The highest BCUT2D eigenvalue weighted by Gasteiger charge is 2.29. The van der Waals surface area contributed by atoms with Crippen molar-refractivity contribution in [3.8, 4) is 0 Å². The van der Waals surface area contributed by atoms with Gasteiger partial charge in [0, 0.05) is 12.4 Å². The van der Waals surface area contributed by atoms with Gasteiger partial charge in [0.2, 0.25) is 11.9 Å². The number of para-hydroxylation sites is 1. The zero-order valence-electron chi connectivity index (χ0n) is 7.97. The lowest BCUT2D eigenvalue weighted by atomic mass is 10.2. The largest absolute Gasteiger partial charge is 0.330 e. The predicted octanol–water partition coefficient (Wildman–Crippen LogP) is 1.63. The quantitative estimate of drug-likeness (QED) is 0.758. The molecular weight excluding hydrogens is 190 g/mol. The van der Waals surface area contributed by atoms with Crippen molar-refractivity contribution in [3.63, 3.8) is 0 Å². The fraction of sp³-hybridized carbons (Fsp3) is 0.0909. The summed E-state index contributed by atoms with van der Waals surface area (Å²) < 4.78 is 0. The molecule has 1 amide bonds. The van der Waals surface area contributed by atoms with Crippen LogP contribution in [0.15, 0.2) is 36.7 Å². The van der Waals surface area contributed by atoms with E-state index in [0.29, 0.717) is 12.4 Å².